The molecule has 7 nitrogen and oxygen atoms in total. The van der Waals surface area contributed by atoms with Gasteiger partial charge in [0.15, 0.2) is 11.6 Å². The van der Waals surface area contributed by atoms with Crippen LogP contribution in [-0.2, 0) is 23.1 Å². The first-order valence-corrected chi connectivity index (χ1v) is 9.19. The van der Waals surface area contributed by atoms with Crippen LogP contribution in [0.25, 0.3) is 0 Å². The average molecular weight is 391 g/mol. The fourth-order valence-electron chi connectivity index (χ4n) is 4.51. The molecule has 1 amide bonds. The van der Waals surface area contributed by atoms with Crippen molar-refractivity contribution >= 4 is 5.91 Å². The van der Waals surface area contributed by atoms with Crippen LogP contribution in [0, 0.1) is 17.0 Å². The Kier molecular flexibility index (Phi) is 4.88. The van der Waals surface area contributed by atoms with Crippen molar-refractivity contribution in [2.24, 2.45) is 12.5 Å². The largest absolute Gasteiger partial charge is 0.375 e. The molecule has 4 rings (SSSR count). The summed E-state index contributed by atoms with van der Waals surface area (Å²) >= 11 is 0. The van der Waals surface area contributed by atoms with Crippen molar-refractivity contribution in [2.75, 3.05) is 39.9 Å². The second kappa shape index (κ2) is 7.21. The normalized spacial score (nSPS) is 21.3. The number of likely N-dealkylation sites (tertiary alicyclic amines) is 2. The molecule has 28 heavy (non-hydrogen) atoms. The fourth-order valence-corrected chi connectivity index (χ4v) is 4.51. The number of benzene rings is 1. The molecule has 1 atom stereocenters. The summed E-state index contributed by atoms with van der Waals surface area (Å²) < 4.78 is 33.5. The van der Waals surface area contributed by atoms with E-state index in [-0.39, 0.29) is 23.8 Å². The van der Waals surface area contributed by atoms with Crippen molar-refractivity contribution in [3.05, 3.63) is 47.5 Å². The van der Waals surface area contributed by atoms with Crippen LogP contribution >= 0.6 is 0 Å². The third-order valence-corrected chi connectivity index (χ3v) is 5.79. The highest BCUT2D eigenvalue weighted by Gasteiger charge is 2.56. The molecular formula is C19H23F2N5O2. The molecule has 0 N–H and O–H groups in total. The van der Waals surface area contributed by atoms with E-state index in [9.17, 15) is 13.6 Å². The van der Waals surface area contributed by atoms with Crippen molar-refractivity contribution in [1.29, 1.82) is 0 Å². The van der Waals surface area contributed by atoms with Gasteiger partial charge in [-0.25, -0.2) is 8.78 Å². The van der Waals surface area contributed by atoms with Gasteiger partial charge >= 0.3 is 0 Å². The molecule has 1 aromatic carbocycles. The van der Waals surface area contributed by atoms with Crippen molar-refractivity contribution in [2.45, 2.75) is 12.5 Å². The lowest BCUT2D eigenvalue weighted by Gasteiger charge is -2.50. The van der Waals surface area contributed by atoms with Gasteiger partial charge in [-0.05, 0) is 17.7 Å². The van der Waals surface area contributed by atoms with Gasteiger partial charge in [0, 0.05) is 58.2 Å². The summed E-state index contributed by atoms with van der Waals surface area (Å²) in [6, 6.07) is 4.00. The molecule has 0 radical (unpaired) electrons. The molecule has 2 aliphatic heterocycles. The van der Waals surface area contributed by atoms with Gasteiger partial charge in [-0.3, -0.25) is 9.69 Å². The molecule has 1 spiro atoms. The van der Waals surface area contributed by atoms with E-state index in [1.54, 1.807) is 12.4 Å². The molecule has 2 aliphatic rings. The lowest BCUT2D eigenvalue weighted by Crippen LogP contribution is -2.59. The quantitative estimate of drug-likeness (QED) is 0.766. The third-order valence-electron chi connectivity index (χ3n) is 5.79. The highest BCUT2D eigenvalue weighted by molar-refractivity contribution is 5.78. The molecule has 2 aromatic rings. The zero-order valence-electron chi connectivity index (χ0n) is 15.9. The van der Waals surface area contributed by atoms with Gasteiger partial charge in [0.2, 0.25) is 5.91 Å². The molecule has 0 bridgehead atoms. The van der Waals surface area contributed by atoms with Crippen LogP contribution in [0.4, 0.5) is 8.78 Å². The second-order valence-electron chi connectivity index (χ2n) is 7.82. The maximum atomic E-state index is 13.5. The topological polar surface area (TPSA) is 63.5 Å². The summed E-state index contributed by atoms with van der Waals surface area (Å²) in [5.41, 5.74) is 0.609. The standard InChI is InChI=1S/C19H23F2N5O2/c1-24-12-22-23-18(24)14-7-26(17(27)8-28-2)11-19(14)9-25(10-19)6-13-3-4-15(20)16(21)5-13/h3-5,12,14H,6-11H2,1-2H3. The number of halogens is 2. The lowest BCUT2D eigenvalue weighted by atomic mass is 9.71. The SMILES string of the molecule is COCC(=O)N1CC(c2nncn2C)C2(CN(Cc3ccc(F)c(F)c3)C2)C1. The highest BCUT2D eigenvalue weighted by Crippen LogP contribution is 2.48. The summed E-state index contributed by atoms with van der Waals surface area (Å²) in [6.45, 7) is 3.30. The summed E-state index contributed by atoms with van der Waals surface area (Å²) in [5, 5.41) is 8.27. The lowest BCUT2D eigenvalue weighted by molar-refractivity contribution is -0.135. The predicted octanol–water partition coefficient (Wildman–Crippen LogP) is 1.17. The van der Waals surface area contributed by atoms with E-state index in [0.29, 0.717) is 19.6 Å². The van der Waals surface area contributed by atoms with E-state index >= 15 is 0 Å². The van der Waals surface area contributed by atoms with E-state index in [1.807, 2.05) is 16.5 Å². The van der Waals surface area contributed by atoms with Gasteiger partial charge in [0.25, 0.3) is 0 Å². The Labute approximate surface area is 161 Å². The predicted molar refractivity (Wildman–Crippen MR) is 96.3 cm³/mol. The molecule has 0 aliphatic carbocycles. The van der Waals surface area contributed by atoms with Gasteiger partial charge in [-0.1, -0.05) is 6.07 Å². The molecule has 150 valence electrons. The molecule has 0 saturated carbocycles. The number of rotatable bonds is 5. The number of carbonyl (C=O) groups is 1. The average Bonchev–Trinajstić information content (AvgIpc) is 3.22. The fraction of sp³-hybridized carbons (Fsp3) is 0.526. The zero-order valence-corrected chi connectivity index (χ0v) is 15.9. The Morgan fingerprint density at radius 2 is 2.07 bits per heavy atom. The van der Waals surface area contributed by atoms with E-state index < -0.39 is 11.6 Å². The van der Waals surface area contributed by atoms with E-state index in [2.05, 4.69) is 15.1 Å². The number of methoxy groups -OCH3 is 1. The van der Waals surface area contributed by atoms with Crippen molar-refractivity contribution < 1.29 is 18.3 Å². The second-order valence-corrected chi connectivity index (χ2v) is 7.82. The van der Waals surface area contributed by atoms with Gasteiger partial charge in [0.05, 0.1) is 0 Å². The van der Waals surface area contributed by atoms with Crippen molar-refractivity contribution in [3.8, 4) is 0 Å². The molecule has 2 fully saturated rings. The molecule has 2 saturated heterocycles. The number of ether oxygens (including phenoxy) is 1. The first kappa shape index (κ1) is 18.9. The van der Waals surface area contributed by atoms with Crippen LogP contribution in [0.1, 0.15) is 17.3 Å². The van der Waals surface area contributed by atoms with Crippen LogP contribution < -0.4 is 0 Å². The third kappa shape index (κ3) is 3.29. The van der Waals surface area contributed by atoms with Crippen LogP contribution in [0.3, 0.4) is 0 Å². The summed E-state index contributed by atoms with van der Waals surface area (Å²) in [6.07, 6.45) is 1.67. The summed E-state index contributed by atoms with van der Waals surface area (Å²) in [5.74, 6) is -0.774. The summed E-state index contributed by atoms with van der Waals surface area (Å²) in [7, 11) is 3.41. The Hall–Kier alpha value is -2.39. The Balaban J connectivity index is 1.50. The number of hydrogen-bond donors (Lipinski definition) is 0. The molecule has 1 aromatic heterocycles. The number of nitrogens with zero attached hydrogens (tertiary/aromatic N) is 5. The Morgan fingerprint density at radius 1 is 1.29 bits per heavy atom. The van der Waals surface area contributed by atoms with E-state index in [1.165, 1.54) is 13.2 Å². The van der Waals surface area contributed by atoms with Crippen LogP contribution in [0.5, 0.6) is 0 Å². The monoisotopic (exact) mass is 391 g/mol. The first-order chi connectivity index (χ1) is 13.4. The maximum absolute atomic E-state index is 13.5. The smallest absolute Gasteiger partial charge is 0.248 e. The van der Waals surface area contributed by atoms with E-state index in [0.717, 1.165) is 30.5 Å². The number of hydrogen-bond acceptors (Lipinski definition) is 5. The number of amides is 1. The van der Waals surface area contributed by atoms with Crippen LogP contribution in [-0.4, -0.2) is 70.4 Å². The molecule has 3 heterocycles. The minimum atomic E-state index is -0.839. The minimum Gasteiger partial charge on any atom is -0.375 e. The minimum absolute atomic E-state index is 0.0365. The van der Waals surface area contributed by atoms with Crippen LogP contribution in [0.2, 0.25) is 0 Å². The molecule has 9 heteroatoms. The van der Waals surface area contributed by atoms with Gasteiger partial charge in [-0.15, -0.1) is 10.2 Å². The Bertz CT molecular complexity index is 881. The van der Waals surface area contributed by atoms with Crippen molar-refractivity contribution in [1.82, 2.24) is 24.6 Å². The van der Waals surface area contributed by atoms with Gasteiger partial charge in [-0.2, -0.15) is 0 Å². The highest BCUT2D eigenvalue weighted by atomic mass is 19.2. The number of aromatic nitrogens is 3. The maximum Gasteiger partial charge on any atom is 0.248 e. The first-order valence-electron chi connectivity index (χ1n) is 9.19. The van der Waals surface area contributed by atoms with Crippen molar-refractivity contribution in [3.63, 3.8) is 0 Å². The van der Waals surface area contributed by atoms with Crippen LogP contribution in [0.15, 0.2) is 24.5 Å². The molecular weight excluding hydrogens is 368 g/mol. The zero-order chi connectivity index (χ0) is 19.9. The summed E-state index contributed by atoms with van der Waals surface area (Å²) in [4.78, 5) is 16.4. The molecule has 1 unspecified atom stereocenters. The van der Waals surface area contributed by atoms with E-state index in [4.69, 9.17) is 4.74 Å². The number of aryl methyl sites for hydroxylation is 1. The van der Waals surface area contributed by atoms with Gasteiger partial charge < -0.3 is 14.2 Å². The number of carbonyl (C=O) groups excluding carboxylic acids is 1. The Morgan fingerprint density at radius 3 is 2.71 bits per heavy atom. The van der Waals surface area contributed by atoms with Gasteiger partial charge in [0.1, 0.15) is 18.8 Å².